The van der Waals surface area contributed by atoms with Crippen molar-refractivity contribution in [1.82, 2.24) is 0 Å². The van der Waals surface area contributed by atoms with Crippen molar-refractivity contribution in [2.75, 3.05) is 19.5 Å². The van der Waals surface area contributed by atoms with Gasteiger partial charge in [-0.3, -0.25) is 0 Å². The molecule has 0 radical (unpaired) electrons. The van der Waals surface area contributed by atoms with E-state index in [0.29, 0.717) is 17.1 Å². The largest absolute Gasteiger partial charge is 0.497 e. The van der Waals surface area contributed by atoms with Crippen LogP contribution in [0.15, 0.2) is 36.4 Å². The standard InChI is InChI=1S/C16H16N2O2/c1-11-5-4-6-12(10-17)16(11)18-13-7-14(19-2)9-15(8-13)20-3/h4-9,18H,1-3H3. The van der Waals surface area contributed by atoms with Crippen LogP contribution in [-0.4, -0.2) is 14.2 Å². The maximum atomic E-state index is 9.18. The average Bonchev–Trinajstić information content (AvgIpc) is 2.48. The minimum Gasteiger partial charge on any atom is -0.497 e. The van der Waals surface area contributed by atoms with Crippen molar-refractivity contribution < 1.29 is 9.47 Å². The zero-order valence-electron chi connectivity index (χ0n) is 11.7. The Hall–Kier alpha value is -2.67. The van der Waals surface area contributed by atoms with E-state index in [1.54, 1.807) is 26.4 Å². The summed E-state index contributed by atoms with van der Waals surface area (Å²) in [6, 6.07) is 13.3. The Labute approximate surface area is 118 Å². The molecule has 0 saturated carbocycles. The number of nitrogens with one attached hydrogen (secondary N) is 1. The number of nitrogens with zero attached hydrogens (tertiary/aromatic N) is 1. The lowest BCUT2D eigenvalue weighted by Crippen LogP contribution is -1.98. The van der Waals surface area contributed by atoms with Gasteiger partial charge in [-0.15, -0.1) is 0 Å². The Balaban J connectivity index is 2.42. The topological polar surface area (TPSA) is 54.3 Å². The van der Waals surface area contributed by atoms with E-state index in [4.69, 9.17) is 9.47 Å². The molecular formula is C16H16N2O2. The van der Waals surface area contributed by atoms with Crippen LogP contribution in [0, 0.1) is 18.3 Å². The molecule has 0 fully saturated rings. The molecule has 0 aromatic heterocycles. The number of benzene rings is 2. The molecule has 0 aliphatic rings. The second-order valence-corrected chi connectivity index (χ2v) is 4.34. The van der Waals surface area contributed by atoms with Gasteiger partial charge in [0.1, 0.15) is 17.6 Å². The van der Waals surface area contributed by atoms with Crippen LogP contribution in [0.2, 0.25) is 0 Å². The van der Waals surface area contributed by atoms with Gasteiger partial charge in [0.2, 0.25) is 0 Å². The minimum absolute atomic E-state index is 0.604. The van der Waals surface area contributed by atoms with Crippen LogP contribution in [0.3, 0.4) is 0 Å². The molecule has 4 heteroatoms. The number of rotatable bonds is 4. The van der Waals surface area contributed by atoms with Crippen molar-refractivity contribution in [3.63, 3.8) is 0 Å². The molecule has 1 N–H and O–H groups in total. The van der Waals surface area contributed by atoms with Gasteiger partial charge in [-0.25, -0.2) is 0 Å². The van der Waals surface area contributed by atoms with Crippen LogP contribution in [-0.2, 0) is 0 Å². The molecular weight excluding hydrogens is 252 g/mol. The monoisotopic (exact) mass is 268 g/mol. The summed E-state index contributed by atoms with van der Waals surface area (Å²) in [6.07, 6.45) is 0. The highest BCUT2D eigenvalue weighted by Crippen LogP contribution is 2.30. The summed E-state index contributed by atoms with van der Waals surface area (Å²) in [7, 11) is 3.21. The van der Waals surface area contributed by atoms with Gasteiger partial charge in [0, 0.05) is 23.9 Å². The van der Waals surface area contributed by atoms with Crippen molar-refractivity contribution in [3.05, 3.63) is 47.5 Å². The number of hydrogen-bond acceptors (Lipinski definition) is 4. The Morgan fingerprint density at radius 2 is 1.70 bits per heavy atom. The second kappa shape index (κ2) is 5.98. The van der Waals surface area contributed by atoms with Crippen molar-refractivity contribution >= 4 is 11.4 Å². The molecule has 0 heterocycles. The molecule has 102 valence electrons. The van der Waals surface area contributed by atoms with E-state index in [-0.39, 0.29) is 0 Å². The summed E-state index contributed by atoms with van der Waals surface area (Å²) in [6.45, 7) is 1.96. The third kappa shape index (κ3) is 2.83. The van der Waals surface area contributed by atoms with E-state index in [0.717, 1.165) is 16.9 Å². The van der Waals surface area contributed by atoms with Gasteiger partial charge in [0.15, 0.2) is 0 Å². The van der Waals surface area contributed by atoms with Gasteiger partial charge in [0.05, 0.1) is 25.5 Å². The first-order valence-electron chi connectivity index (χ1n) is 6.17. The number of para-hydroxylation sites is 1. The van der Waals surface area contributed by atoms with E-state index in [1.165, 1.54) is 0 Å². The zero-order valence-corrected chi connectivity index (χ0v) is 11.7. The average molecular weight is 268 g/mol. The molecule has 2 aromatic rings. The Kier molecular flexibility index (Phi) is 4.11. The van der Waals surface area contributed by atoms with Gasteiger partial charge in [-0.2, -0.15) is 5.26 Å². The maximum absolute atomic E-state index is 9.18. The lowest BCUT2D eigenvalue weighted by molar-refractivity contribution is 0.395. The zero-order chi connectivity index (χ0) is 14.5. The van der Waals surface area contributed by atoms with E-state index >= 15 is 0 Å². The lowest BCUT2D eigenvalue weighted by atomic mass is 10.1. The van der Waals surface area contributed by atoms with Crippen molar-refractivity contribution in [3.8, 4) is 17.6 Å². The fraction of sp³-hybridized carbons (Fsp3) is 0.188. The predicted molar refractivity (Wildman–Crippen MR) is 78.7 cm³/mol. The van der Waals surface area contributed by atoms with Crippen molar-refractivity contribution in [1.29, 1.82) is 5.26 Å². The van der Waals surface area contributed by atoms with Crippen molar-refractivity contribution in [2.45, 2.75) is 6.92 Å². The molecule has 2 aromatic carbocycles. The first kappa shape index (κ1) is 13.8. The number of ether oxygens (including phenoxy) is 2. The van der Waals surface area contributed by atoms with Gasteiger partial charge in [-0.05, 0) is 18.6 Å². The maximum Gasteiger partial charge on any atom is 0.124 e. The number of hydrogen-bond donors (Lipinski definition) is 1. The van der Waals surface area contributed by atoms with Crippen LogP contribution < -0.4 is 14.8 Å². The third-order valence-electron chi connectivity index (χ3n) is 3.01. The van der Waals surface area contributed by atoms with Crippen LogP contribution >= 0.6 is 0 Å². The molecule has 0 atom stereocenters. The van der Waals surface area contributed by atoms with Gasteiger partial charge in [0.25, 0.3) is 0 Å². The smallest absolute Gasteiger partial charge is 0.124 e. The third-order valence-corrected chi connectivity index (χ3v) is 3.01. The van der Waals surface area contributed by atoms with Crippen LogP contribution in [0.5, 0.6) is 11.5 Å². The molecule has 0 saturated heterocycles. The van der Waals surface area contributed by atoms with Crippen LogP contribution in [0.4, 0.5) is 11.4 Å². The summed E-state index contributed by atoms with van der Waals surface area (Å²) in [5, 5.41) is 12.4. The summed E-state index contributed by atoms with van der Waals surface area (Å²) >= 11 is 0. The summed E-state index contributed by atoms with van der Waals surface area (Å²) in [5.41, 5.74) is 3.22. The highest BCUT2D eigenvalue weighted by Gasteiger charge is 2.07. The molecule has 0 aliphatic heterocycles. The van der Waals surface area contributed by atoms with E-state index in [2.05, 4.69) is 11.4 Å². The van der Waals surface area contributed by atoms with E-state index in [9.17, 15) is 5.26 Å². The normalized spacial score (nSPS) is 9.70. The van der Waals surface area contributed by atoms with Crippen LogP contribution in [0.1, 0.15) is 11.1 Å². The molecule has 4 nitrogen and oxygen atoms in total. The molecule has 0 aliphatic carbocycles. The first-order chi connectivity index (χ1) is 9.67. The lowest BCUT2D eigenvalue weighted by Gasteiger charge is -2.13. The van der Waals surface area contributed by atoms with Crippen LogP contribution in [0.25, 0.3) is 0 Å². The number of aryl methyl sites for hydroxylation is 1. The van der Waals surface area contributed by atoms with E-state index < -0.39 is 0 Å². The molecule has 20 heavy (non-hydrogen) atoms. The Morgan fingerprint density at radius 1 is 1.05 bits per heavy atom. The fourth-order valence-corrected chi connectivity index (χ4v) is 1.95. The van der Waals surface area contributed by atoms with Gasteiger partial charge in [-0.1, -0.05) is 12.1 Å². The quantitative estimate of drug-likeness (QED) is 0.920. The Morgan fingerprint density at radius 3 is 2.25 bits per heavy atom. The first-order valence-corrected chi connectivity index (χ1v) is 6.17. The second-order valence-electron chi connectivity index (χ2n) is 4.34. The summed E-state index contributed by atoms with van der Waals surface area (Å²) < 4.78 is 10.5. The van der Waals surface area contributed by atoms with Gasteiger partial charge < -0.3 is 14.8 Å². The highest BCUT2D eigenvalue weighted by atomic mass is 16.5. The number of methoxy groups -OCH3 is 2. The molecule has 0 amide bonds. The van der Waals surface area contributed by atoms with Crippen molar-refractivity contribution in [2.24, 2.45) is 0 Å². The highest BCUT2D eigenvalue weighted by molar-refractivity contribution is 5.71. The summed E-state index contributed by atoms with van der Waals surface area (Å²) in [4.78, 5) is 0. The molecule has 0 unspecified atom stereocenters. The predicted octanol–water partition coefficient (Wildman–Crippen LogP) is 3.63. The van der Waals surface area contributed by atoms with E-state index in [1.807, 2.05) is 31.2 Å². The fourth-order valence-electron chi connectivity index (χ4n) is 1.95. The number of nitriles is 1. The minimum atomic E-state index is 0.604. The number of anilines is 2. The Bertz CT molecular complexity index is 638. The molecule has 0 spiro atoms. The molecule has 0 bridgehead atoms. The van der Waals surface area contributed by atoms with Gasteiger partial charge >= 0.3 is 0 Å². The summed E-state index contributed by atoms with van der Waals surface area (Å²) in [5.74, 6) is 1.39. The molecule has 2 rings (SSSR count). The SMILES string of the molecule is COc1cc(Nc2c(C)cccc2C#N)cc(OC)c1.